The lowest BCUT2D eigenvalue weighted by molar-refractivity contribution is 0.346. The first-order valence-electron chi connectivity index (χ1n) is 8.70. The Morgan fingerprint density at radius 1 is 0.964 bits per heavy atom. The van der Waals surface area contributed by atoms with Gasteiger partial charge >= 0.3 is 0 Å². The number of anilines is 1. The molecule has 1 aliphatic rings. The summed E-state index contributed by atoms with van der Waals surface area (Å²) in [5, 5.41) is 0. The van der Waals surface area contributed by atoms with Gasteiger partial charge in [-0.2, -0.15) is 4.31 Å². The van der Waals surface area contributed by atoms with Crippen LogP contribution in [0, 0.1) is 0 Å². The summed E-state index contributed by atoms with van der Waals surface area (Å²) in [6.45, 7) is 0.969. The minimum absolute atomic E-state index is 0.0319. The van der Waals surface area contributed by atoms with E-state index >= 15 is 0 Å². The summed E-state index contributed by atoms with van der Waals surface area (Å²) in [5.41, 5.74) is 0.185. The summed E-state index contributed by atoms with van der Waals surface area (Å²) in [4.78, 5) is 0.106. The number of nitrogens with one attached hydrogen (secondary N) is 1. The molecule has 1 aliphatic heterocycles. The molecule has 1 heterocycles. The summed E-state index contributed by atoms with van der Waals surface area (Å²) in [7, 11) is -6.05. The third-order valence-electron chi connectivity index (χ3n) is 4.47. The first kappa shape index (κ1) is 21.1. The van der Waals surface area contributed by atoms with Crippen molar-refractivity contribution in [2.45, 2.75) is 29.1 Å². The molecule has 2 aromatic carbocycles. The summed E-state index contributed by atoms with van der Waals surface area (Å²) in [6, 6.07) is 10.3. The van der Waals surface area contributed by atoms with Gasteiger partial charge in [0.05, 0.1) is 27.1 Å². The average Bonchev–Trinajstić information content (AvgIpc) is 2.68. The maximum Gasteiger partial charge on any atom is 0.261 e. The quantitative estimate of drug-likeness (QED) is 0.671. The van der Waals surface area contributed by atoms with Crippen LogP contribution in [-0.4, -0.2) is 41.3 Å². The van der Waals surface area contributed by atoms with Crippen molar-refractivity contribution in [1.29, 1.82) is 0 Å². The second-order valence-corrected chi connectivity index (χ2v) is 10.9. The van der Waals surface area contributed by atoms with Crippen LogP contribution in [0.3, 0.4) is 0 Å². The van der Waals surface area contributed by atoms with Crippen LogP contribution in [-0.2, 0) is 20.0 Å². The van der Waals surface area contributed by atoms with Gasteiger partial charge in [0, 0.05) is 13.1 Å². The Morgan fingerprint density at radius 3 is 2.32 bits per heavy atom. The molecule has 1 saturated heterocycles. The molecule has 0 saturated carbocycles. The zero-order valence-corrected chi connectivity index (χ0v) is 18.5. The van der Waals surface area contributed by atoms with Gasteiger partial charge in [0.25, 0.3) is 10.0 Å². The van der Waals surface area contributed by atoms with Crippen molar-refractivity contribution >= 4 is 41.7 Å². The highest BCUT2D eigenvalue weighted by Gasteiger charge is 2.26. The minimum Gasteiger partial charge on any atom is -0.496 e. The molecule has 152 valence electrons. The molecule has 0 amide bonds. The number of halogens is 1. The predicted molar refractivity (Wildman–Crippen MR) is 111 cm³/mol. The summed E-state index contributed by atoms with van der Waals surface area (Å²) in [5.74, 6) is 0.508. The topological polar surface area (TPSA) is 92.8 Å². The molecule has 28 heavy (non-hydrogen) atoms. The molecular formula is C18H21BrN2O5S2. The smallest absolute Gasteiger partial charge is 0.261 e. The van der Waals surface area contributed by atoms with E-state index in [1.54, 1.807) is 0 Å². The number of ether oxygens (including phenoxy) is 1. The van der Waals surface area contributed by atoms with E-state index in [1.807, 2.05) is 0 Å². The van der Waals surface area contributed by atoms with E-state index in [1.165, 1.54) is 53.9 Å². The Bertz CT molecular complexity index is 1070. The van der Waals surface area contributed by atoms with E-state index in [0.29, 0.717) is 23.3 Å². The molecule has 3 rings (SSSR count). The third kappa shape index (κ3) is 4.51. The van der Waals surface area contributed by atoms with Crippen LogP contribution in [0.1, 0.15) is 19.3 Å². The van der Waals surface area contributed by atoms with Crippen molar-refractivity contribution in [3.63, 3.8) is 0 Å². The van der Waals surface area contributed by atoms with E-state index in [4.69, 9.17) is 4.74 Å². The second kappa shape index (κ2) is 8.40. The lowest BCUT2D eigenvalue weighted by Gasteiger charge is -2.26. The van der Waals surface area contributed by atoms with Gasteiger partial charge in [-0.25, -0.2) is 16.8 Å². The summed E-state index contributed by atoms with van der Waals surface area (Å²) < 4.78 is 60.5. The number of methoxy groups -OCH3 is 1. The largest absolute Gasteiger partial charge is 0.496 e. The molecule has 0 bridgehead atoms. The maximum absolute atomic E-state index is 12.8. The predicted octanol–water partition coefficient (Wildman–Crippen LogP) is 3.43. The van der Waals surface area contributed by atoms with E-state index in [-0.39, 0.29) is 15.5 Å². The van der Waals surface area contributed by atoms with Crippen LogP contribution in [0.4, 0.5) is 5.69 Å². The highest BCUT2D eigenvalue weighted by atomic mass is 79.9. The Hall–Kier alpha value is -1.62. The monoisotopic (exact) mass is 488 g/mol. The van der Waals surface area contributed by atoms with Gasteiger partial charge < -0.3 is 4.74 Å². The van der Waals surface area contributed by atoms with Gasteiger partial charge in [-0.1, -0.05) is 12.5 Å². The second-order valence-electron chi connectivity index (χ2n) is 6.39. The molecule has 0 radical (unpaired) electrons. The molecular weight excluding hydrogens is 468 g/mol. The van der Waals surface area contributed by atoms with Crippen molar-refractivity contribution in [3.05, 3.63) is 46.9 Å². The highest BCUT2D eigenvalue weighted by molar-refractivity contribution is 9.10. The number of hydrogen-bond donors (Lipinski definition) is 1. The first-order chi connectivity index (χ1) is 13.2. The fourth-order valence-electron chi connectivity index (χ4n) is 3.00. The maximum atomic E-state index is 12.8. The summed E-state index contributed by atoms with van der Waals surface area (Å²) >= 11 is 3.26. The van der Waals surface area contributed by atoms with Gasteiger partial charge in [0.15, 0.2) is 0 Å². The van der Waals surface area contributed by atoms with Crippen LogP contribution in [0.15, 0.2) is 56.7 Å². The van der Waals surface area contributed by atoms with E-state index < -0.39 is 20.0 Å². The fourth-order valence-corrected chi connectivity index (χ4v) is 6.33. The van der Waals surface area contributed by atoms with Crippen molar-refractivity contribution in [2.75, 3.05) is 24.9 Å². The molecule has 10 heteroatoms. The molecule has 0 aromatic heterocycles. The van der Waals surface area contributed by atoms with Crippen LogP contribution in [0.2, 0.25) is 0 Å². The van der Waals surface area contributed by atoms with Crippen molar-refractivity contribution in [1.82, 2.24) is 4.31 Å². The Kier molecular flexibility index (Phi) is 6.33. The van der Waals surface area contributed by atoms with Crippen LogP contribution in [0.25, 0.3) is 0 Å². The fraction of sp³-hybridized carbons (Fsp3) is 0.333. The lowest BCUT2D eigenvalue weighted by atomic mass is 10.2. The standard InChI is InChI=1S/C18H21BrN2O5S2/c1-26-18-9-8-15(13-17(18)19)27(22,23)20-14-6-5-7-16(12-14)28(24,25)21-10-3-2-4-11-21/h5-9,12-13,20H,2-4,10-11H2,1H3. The van der Waals surface area contributed by atoms with E-state index in [2.05, 4.69) is 20.7 Å². The normalized spacial score (nSPS) is 15.9. The number of hydrogen-bond acceptors (Lipinski definition) is 5. The van der Waals surface area contributed by atoms with Gasteiger partial charge in [-0.15, -0.1) is 0 Å². The van der Waals surface area contributed by atoms with Gasteiger partial charge in [-0.3, -0.25) is 4.72 Å². The van der Waals surface area contributed by atoms with Gasteiger partial charge in [0.2, 0.25) is 10.0 Å². The van der Waals surface area contributed by atoms with Gasteiger partial charge in [-0.05, 0) is 65.2 Å². The number of nitrogens with zero attached hydrogens (tertiary/aromatic N) is 1. The van der Waals surface area contributed by atoms with E-state index in [0.717, 1.165) is 19.3 Å². The molecule has 0 spiro atoms. The van der Waals surface area contributed by atoms with Crippen LogP contribution >= 0.6 is 15.9 Å². The molecule has 0 aliphatic carbocycles. The number of benzene rings is 2. The van der Waals surface area contributed by atoms with Crippen molar-refractivity contribution in [3.8, 4) is 5.75 Å². The van der Waals surface area contributed by atoms with Crippen molar-refractivity contribution < 1.29 is 21.6 Å². The third-order valence-corrected chi connectivity index (χ3v) is 8.37. The van der Waals surface area contributed by atoms with E-state index in [9.17, 15) is 16.8 Å². The van der Waals surface area contributed by atoms with Crippen LogP contribution < -0.4 is 9.46 Å². The highest BCUT2D eigenvalue weighted by Crippen LogP contribution is 2.29. The molecule has 0 atom stereocenters. The number of rotatable bonds is 6. The zero-order valence-electron chi connectivity index (χ0n) is 15.3. The number of piperidine rings is 1. The lowest BCUT2D eigenvalue weighted by Crippen LogP contribution is -2.35. The summed E-state index contributed by atoms with van der Waals surface area (Å²) in [6.07, 6.45) is 2.68. The molecule has 2 aromatic rings. The molecule has 0 unspecified atom stereocenters. The number of sulfonamides is 2. The minimum atomic E-state index is -3.89. The Morgan fingerprint density at radius 2 is 1.68 bits per heavy atom. The SMILES string of the molecule is COc1ccc(S(=O)(=O)Nc2cccc(S(=O)(=O)N3CCCCC3)c2)cc1Br. The molecule has 1 fully saturated rings. The average molecular weight is 489 g/mol. The Balaban J connectivity index is 1.87. The van der Waals surface area contributed by atoms with Gasteiger partial charge in [0.1, 0.15) is 5.75 Å². The van der Waals surface area contributed by atoms with Crippen LogP contribution in [0.5, 0.6) is 5.75 Å². The zero-order chi connectivity index (χ0) is 20.4. The molecule has 7 nitrogen and oxygen atoms in total. The first-order valence-corrected chi connectivity index (χ1v) is 12.4. The molecule has 1 N–H and O–H groups in total. The Labute approximate surface area is 173 Å². The van der Waals surface area contributed by atoms with Crippen molar-refractivity contribution in [2.24, 2.45) is 0 Å².